The fourth-order valence-electron chi connectivity index (χ4n) is 1.12. The van der Waals surface area contributed by atoms with Crippen molar-refractivity contribution in [2.24, 2.45) is 0 Å². The van der Waals surface area contributed by atoms with Crippen molar-refractivity contribution >= 4 is 29.3 Å². The summed E-state index contributed by atoms with van der Waals surface area (Å²) in [7, 11) is 0. The van der Waals surface area contributed by atoms with E-state index in [1.165, 1.54) is 18.2 Å². The van der Waals surface area contributed by atoms with Crippen molar-refractivity contribution in [3.05, 3.63) is 34.9 Å². The summed E-state index contributed by atoms with van der Waals surface area (Å²) in [6, 6.07) is 4.23. The van der Waals surface area contributed by atoms with Crippen molar-refractivity contribution < 1.29 is 19.1 Å². The van der Waals surface area contributed by atoms with E-state index in [0.29, 0.717) is 5.56 Å². The molecule has 4 nitrogen and oxygen atoms in total. The maximum Gasteiger partial charge on any atom is 0.345 e. The van der Waals surface area contributed by atoms with Crippen LogP contribution in [0.3, 0.4) is 0 Å². The Hall–Kier alpha value is -1.68. The third kappa shape index (κ3) is 2.63. The summed E-state index contributed by atoms with van der Waals surface area (Å²) in [5.41, 5.74) is 1.04. The number of carbonyl (C=O) groups is 3. The van der Waals surface area contributed by atoms with E-state index in [1.807, 2.05) is 0 Å². The van der Waals surface area contributed by atoms with Gasteiger partial charge >= 0.3 is 12.4 Å². The predicted molar refractivity (Wildman–Crippen MR) is 52.8 cm³/mol. The maximum atomic E-state index is 11.2. The van der Waals surface area contributed by atoms with Gasteiger partial charge in [0.25, 0.3) is 5.24 Å². The maximum absolute atomic E-state index is 11.2. The Morgan fingerprint density at radius 2 is 2.07 bits per heavy atom. The summed E-state index contributed by atoms with van der Waals surface area (Å²) >= 11 is 5.26. The van der Waals surface area contributed by atoms with Gasteiger partial charge < -0.3 is 4.74 Å². The third-order valence-electron chi connectivity index (χ3n) is 1.83. The largest absolute Gasteiger partial charge is 0.392 e. The van der Waals surface area contributed by atoms with Gasteiger partial charge in [0, 0.05) is 5.56 Å². The predicted octanol–water partition coefficient (Wildman–Crippen LogP) is 1.69. The number of esters is 1. The van der Waals surface area contributed by atoms with Crippen LogP contribution in [-0.2, 0) is 9.53 Å². The molecule has 0 saturated carbocycles. The van der Waals surface area contributed by atoms with E-state index in [0.717, 1.165) is 0 Å². The Morgan fingerprint density at radius 3 is 2.53 bits per heavy atom. The van der Waals surface area contributed by atoms with Gasteiger partial charge in [0.05, 0.1) is 5.56 Å². The Labute approximate surface area is 90.8 Å². The minimum atomic E-state index is -0.754. The Kier molecular flexibility index (Phi) is 3.57. The molecule has 0 bridgehead atoms. The van der Waals surface area contributed by atoms with Crippen LogP contribution in [-0.4, -0.2) is 17.7 Å². The summed E-state index contributed by atoms with van der Waals surface area (Å²) in [6.07, 6.45) is 0. The van der Waals surface area contributed by atoms with E-state index in [1.54, 1.807) is 6.92 Å². The van der Waals surface area contributed by atoms with E-state index in [-0.39, 0.29) is 17.6 Å². The smallest absolute Gasteiger partial charge is 0.345 e. The second-order valence-corrected chi connectivity index (χ2v) is 3.15. The fraction of sp³-hybridized carbons (Fsp3) is 0.100. The van der Waals surface area contributed by atoms with Gasteiger partial charge in [-0.05, 0) is 42.3 Å². The number of carbonyl (C=O) groups excluding carboxylic acids is 3. The highest BCUT2D eigenvalue weighted by atomic mass is 35.5. The van der Waals surface area contributed by atoms with Crippen LogP contribution in [0.5, 0.6) is 0 Å². The van der Waals surface area contributed by atoms with Crippen LogP contribution in [0.25, 0.3) is 0 Å². The molecule has 0 N–H and O–H groups in total. The third-order valence-corrected chi connectivity index (χ3v) is 2.05. The minimum absolute atomic E-state index is 0.0579. The molecule has 0 aromatic heterocycles. The van der Waals surface area contributed by atoms with Gasteiger partial charge in [-0.3, -0.25) is 9.59 Å². The van der Waals surface area contributed by atoms with Gasteiger partial charge in [-0.15, -0.1) is 0 Å². The van der Waals surface area contributed by atoms with Gasteiger partial charge in [-0.25, -0.2) is 4.79 Å². The normalized spacial score (nSPS) is 9.47. The number of aryl methyl sites for hydroxylation is 1. The molecule has 1 aromatic rings. The molecule has 0 spiro atoms. The zero-order valence-corrected chi connectivity index (χ0v) is 8.58. The number of halogens is 1. The summed E-state index contributed by atoms with van der Waals surface area (Å²) < 4.78 is 4.17. The van der Waals surface area contributed by atoms with Crippen LogP contribution in [0.4, 0.5) is 0 Å². The lowest BCUT2D eigenvalue weighted by atomic mass is 10.1. The zero-order valence-electron chi connectivity index (χ0n) is 7.82. The van der Waals surface area contributed by atoms with Gasteiger partial charge in [-0.1, -0.05) is 0 Å². The van der Waals surface area contributed by atoms with E-state index in [9.17, 15) is 14.4 Å². The topological polar surface area (TPSA) is 60.4 Å². The Bertz CT molecular complexity index is 425. The molecule has 5 heteroatoms. The lowest BCUT2D eigenvalue weighted by Gasteiger charge is -2.03. The van der Waals surface area contributed by atoms with Crippen molar-refractivity contribution in [2.75, 3.05) is 0 Å². The van der Waals surface area contributed by atoms with Crippen molar-refractivity contribution in [2.45, 2.75) is 6.92 Å². The van der Waals surface area contributed by atoms with Crippen LogP contribution in [0.1, 0.15) is 26.3 Å². The molecule has 15 heavy (non-hydrogen) atoms. The van der Waals surface area contributed by atoms with E-state index in [2.05, 4.69) is 4.74 Å². The highest BCUT2D eigenvalue weighted by Gasteiger charge is 2.12. The Morgan fingerprint density at radius 1 is 1.40 bits per heavy atom. The number of hydrogen-bond acceptors (Lipinski definition) is 4. The number of hydrogen-bond donors (Lipinski definition) is 0. The van der Waals surface area contributed by atoms with Gasteiger partial charge in [-0.2, -0.15) is 0 Å². The molecule has 0 aliphatic heterocycles. The monoisotopic (exact) mass is 226 g/mol. The zero-order chi connectivity index (χ0) is 11.4. The molecule has 0 unspecified atom stereocenters. The number of rotatable bonds is 3. The SMILES string of the molecule is Cc1cc(C(=O)Cl)ccc1C(=O)OC=O. The van der Waals surface area contributed by atoms with E-state index >= 15 is 0 Å². The lowest BCUT2D eigenvalue weighted by molar-refractivity contribution is -0.123. The summed E-state index contributed by atoms with van der Waals surface area (Å²) in [5.74, 6) is -0.754. The van der Waals surface area contributed by atoms with Crippen LogP contribution >= 0.6 is 11.6 Å². The summed E-state index contributed by atoms with van der Waals surface area (Å²) in [6.45, 7) is 1.67. The van der Waals surface area contributed by atoms with Gasteiger partial charge in [0.15, 0.2) is 0 Å². The second-order valence-electron chi connectivity index (χ2n) is 2.80. The quantitative estimate of drug-likeness (QED) is 0.341. The van der Waals surface area contributed by atoms with Crippen molar-refractivity contribution in [3.63, 3.8) is 0 Å². The average molecular weight is 227 g/mol. The van der Waals surface area contributed by atoms with Crippen molar-refractivity contribution in [1.82, 2.24) is 0 Å². The molecule has 0 amide bonds. The average Bonchev–Trinajstić information content (AvgIpc) is 2.17. The molecular weight excluding hydrogens is 220 g/mol. The standard InChI is InChI=1S/C10H7ClO4/c1-6-4-7(9(11)13)2-3-8(6)10(14)15-5-12/h2-5H,1H3. The highest BCUT2D eigenvalue weighted by Crippen LogP contribution is 2.13. The summed E-state index contributed by atoms with van der Waals surface area (Å²) in [5, 5.41) is -0.603. The van der Waals surface area contributed by atoms with E-state index < -0.39 is 11.2 Å². The molecule has 0 aliphatic carbocycles. The van der Waals surface area contributed by atoms with Crippen molar-refractivity contribution in [3.8, 4) is 0 Å². The molecule has 0 atom stereocenters. The number of ether oxygens (including phenoxy) is 1. The van der Waals surface area contributed by atoms with Crippen LogP contribution in [0.2, 0.25) is 0 Å². The molecule has 1 rings (SSSR count). The second kappa shape index (κ2) is 4.70. The molecule has 0 radical (unpaired) electrons. The molecule has 0 aliphatic rings. The molecule has 0 saturated heterocycles. The molecule has 1 aromatic carbocycles. The molecule has 78 valence electrons. The van der Waals surface area contributed by atoms with Gasteiger partial charge in [0.2, 0.25) is 0 Å². The first kappa shape index (κ1) is 11.4. The number of benzene rings is 1. The highest BCUT2D eigenvalue weighted by molar-refractivity contribution is 6.67. The first-order valence-electron chi connectivity index (χ1n) is 4.01. The lowest BCUT2D eigenvalue weighted by Crippen LogP contribution is -2.06. The molecule has 0 fully saturated rings. The molecule has 0 heterocycles. The van der Waals surface area contributed by atoms with Crippen LogP contribution in [0.15, 0.2) is 18.2 Å². The minimum Gasteiger partial charge on any atom is -0.392 e. The molecular formula is C10H7ClO4. The summed E-state index contributed by atoms with van der Waals surface area (Å²) in [4.78, 5) is 31.9. The van der Waals surface area contributed by atoms with Crippen LogP contribution < -0.4 is 0 Å². The Balaban J connectivity index is 3.08. The van der Waals surface area contributed by atoms with Gasteiger partial charge in [0.1, 0.15) is 0 Å². The first-order chi connectivity index (χ1) is 7.06. The van der Waals surface area contributed by atoms with Crippen molar-refractivity contribution in [1.29, 1.82) is 0 Å². The first-order valence-corrected chi connectivity index (χ1v) is 4.39. The van der Waals surface area contributed by atoms with Crippen LogP contribution in [0, 0.1) is 6.92 Å². The van der Waals surface area contributed by atoms with E-state index in [4.69, 9.17) is 11.6 Å². The fourth-order valence-corrected chi connectivity index (χ4v) is 1.24.